The van der Waals surface area contributed by atoms with Crippen molar-refractivity contribution in [2.75, 3.05) is 13.1 Å². The highest BCUT2D eigenvalue weighted by atomic mass is 32.2. The Labute approximate surface area is 103 Å². The number of nitrogens with one attached hydrogen (secondary N) is 2. The lowest BCUT2D eigenvalue weighted by Crippen LogP contribution is -2.46. The van der Waals surface area contributed by atoms with Crippen molar-refractivity contribution in [1.29, 1.82) is 5.41 Å². The van der Waals surface area contributed by atoms with Crippen LogP contribution in [0.4, 0.5) is 13.2 Å². The number of amidine groups is 1. The van der Waals surface area contributed by atoms with Crippen LogP contribution in [0.2, 0.25) is 0 Å². The monoisotopic (exact) mass is 288 g/mol. The van der Waals surface area contributed by atoms with E-state index in [4.69, 9.17) is 11.1 Å². The van der Waals surface area contributed by atoms with Crippen LogP contribution in [0.3, 0.4) is 0 Å². The molecule has 0 aromatic carbocycles. The fourth-order valence-electron chi connectivity index (χ4n) is 1.35. The summed E-state index contributed by atoms with van der Waals surface area (Å²) in [6.45, 7) is -1.67. The van der Waals surface area contributed by atoms with E-state index in [9.17, 15) is 21.6 Å². The zero-order valence-electron chi connectivity index (χ0n) is 9.50. The molecule has 0 saturated heterocycles. The van der Waals surface area contributed by atoms with Crippen LogP contribution in [-0.4, -0.2) is 43.9 Å². The Morgan fingerprint density at radius 1 is 1.44 bits per heavy atom. The van der Waals surface area contributed by atoms with Crippen LogP contribution >= 0.6 is 0 Å². The molecule has 0 bridgehead atoms. The van der Waals surface area contributed by atoms with E-state index in [-0.39, 0.29) is 24.8 Å². The molecule has 1 fully saturated rings. The molecule has 0 aromatic heterocycles. The predicted octanol–water partition coefficient (Wildman–Crippen LogP) is 0.174. The second-order valence-electron chi connectivity index (χ2n) is 4.06. The lowest BCUT2D eigenvalue weighted by molar-refractivity contribution is -0.121. The average Bonchev–Trinajstić information content (AvgIpc) is 2.97. The quantitative estimate of drug-likeness (QED) is 0.460. The van der Waals surface area contributed by atoms with Gasteiger partial charge in [-0.15, -0.1) is 0 Å². The van der Waals surface area contributed by atoms with E-state index in [0.717, 1.165) is 4.31 Å². The Hall–Kier alpha value is -0.870. The standard InChI is InChI=1S/C8H15F3N4O2S/c9-8(10,11)5-14-18(16,17)15(6-1-2-6)4-3-7(12)13/h6,14H,1-5H2,(H3,12,13). The number of alkyl halides is 3. The zero-order valence-corrected chi connectivity index (χ0v) is 10.3. The van der Waals surface area contributed by atoms with Crippen molar-refractivity contribution in [2.24, 2.45) is 5.73 Å². The third-order valence-corrected chi connectivity index (χ3v) is 3.93. The first-order valence-electron chi connectivity index (χ1n) is 5.28. The van der Waals surface area contributed by atoms with Gasteiger partial charge in [-0.2, -0.15) is 30.6 Å². The van der Waals surface area contributed by atoms with Crippen molar-refractivity contribution < 1.29 is 21.6 Å². The predicted molar refractivity (Wildman–Crippen MR) is 59.2 cm³/mol. The smallest absolute Gasteiger partial charge is 0.388 e. The van der Waals surface area contributed by atoms with Crippen molar-refractivity contribution in [2.45, 2.75) is 31.5 Å². The molecule has 10 heteroatoms. The largest absolute Gasteiger partial charge is 0.402 e. The molecule has 4 N–H and O–H groups in total. The van der Waals surface area contributed by atoms with E-state index in [2.05, 4.69) is 0 Å². The van der Waals surface area contributed by atoms with Crippen LogP contribution in [0.15, 0.2) is 0 Å². The molecule has 0 aliphatic heterocycles. The van der Waals surface area contributed by atoms with E-state index >= 15 is 0 Å². The van der Waals surface area contributed by atoms with Crippen molar-refractivity contribution in [3.63, 3.8) is 0 Å². The number of hydrogen-bond acceptors (Lipinski definition) is 3. The van der Waals surface area contributed by atoms with E-state index in [1.54, 1.807) is 0 Å². The number of nitrogens with zero attached hydrogens (tertiary/aromatic N) is 1. The highest BCUT2D eigenvalue weighted by molar-refractivity contribution is 7.87. The molecule has 18 heavy (non-hydrogen) atoms. The average molecular weight is 288 g/mol. The summed E-state index contributed by atoms with van der Waals surface area (Å²) in [5.41, 5.74) is 5.11. The normalized spacial score (nSPS) is 17.1. The van der Waals surface area contributed by atoms with Gasteiger partial charge in [0.05, 0.1) is 5.84 Å². The molecule has 0 spiro atoms. The fourth-order valence-corrected chi connectivity index (χ4v) is 2.79. The van der Waals surface area contributed by atoms with Gasteiger partial charge in [0.1, 0.15) is 6.54 Å². The minimum Gasteiger partial charge on any atom is -0.388 e. The maximum atomic E-state index is 12.0. The van der Waals surface area contributed by atoms with Gasteiger partial charge < -0.3 is 5.73 Å². The Morgan fingerprint density at radius 2 is 2.00 bits per heavy atom. The highest BCUT2D eigenvalue weighted by Gasteiger charge is 2.39. The van der Waals surface area contributed by atoms with Crippen LogP contribution in [0, 0.1) is 5.41 Å². The van der Waals surface area contributed by atoms with E-state index in [0.29, 0.717) is 12.8 Å². The SMILES string of the molecule is N=C(N)CCN(C1CC1)S(=O)(=O)NCC(F)(F)F. The highest BCUT2D eigenvalue weighted by Crippen LogP contribution is 2.29. The van der Waals surface area contributed by atoms with Crippen molar-refractivity contribution in [3.8, 4) is 0 Å². The minimum atomic E-state index is -4.59. The lowest BCUT2D eigenvalue weighted by Gasteiger charge is -2.22. The summed E-state index contributed by atoms with van der Waals surface area (Å²) in [5.74, 6) is -0.202. The molecular formula is C8H15F3N4O2S. The van der Waals surface area contributed by atoms with Crippen LogP contribution in [0.25, 0.3) is 0 Å². The van der Waals surface area contributed by atoms with Crippen molar-refractivity contribution in [3.05, 3.63) is 0 Å². The van der Waals surface area contributed by atoms with Crippen LogP contribution in [0.1, 0.15) is 19.3 Å². The maximum absolute atomic E-state index is 12.0. The molecule has 106 valence electrons. The zero-order chi connectivity index (χ0) is 14.0. The lowest BCUT2D eigenvalue weighted by atomic mass is 10.4. The molecule has 1 aliphatic rings. The molecule has 0 unspecified atom stereocenters. The van der Waals surface area contributed by atoms with Gasteiger partial charge in [-0.1, -0.05) is 0 Å². The van der Waals surface area contributed by atoms with Gasteiger partial charge in [-0.05, 0) is 12.8 Å². The van der Waals surface area contributed by atoms with Gasteiger partial charge in [0.2, 0.25) is 0 Å². The van der Waals surface area contributed by atoms with Gasteiger partial charge in [0.15, 0.2) is 0 Å². The summed E-state index contributed by atoms with van der Waals surface area (Å²) in [4.78, 5) is 0. The number of nitrogens with two attached hydrogens (primary N) is 1. The van der Waals surface area contributed by atoms with E-state index < -0.39 is 22.9 Å². The van der Waals surface area contributed by atoms with Gasteiger partial charge in [-0.25, -0.2) is 0 Å². The molecular weight excluding hydrogens is 273 g/mol. The Bertz CT molecular complexity index is 405. The van der Waals surface area contributed by atoms with E-state index in [1.165, 1.54) is 4.72 Å². The second-order valence-corrected chi connectivity index (χ2v) is 5.77. The number of halogens is 3. The van der Waals surface area contributed by atoms with Gasteiger partial charge in [0, 0.05) is 19.0 Å². The molecule has 6 nitrogen and oxygen atoms in total. The molecule has 0 amide bonds. The summed E-state index contributed by atoms with van der Waals surface area (Å²) in [6, 6.07) is -0.282. The second kappa shape index (κ2) is 5.41. The molecule has 0 heterocycles. The summed E-state index contributed by atoms with van der Waals surface area (Å²) >= 11 is 0. The molecule has 1 aliphatic carbocycles. The fraction of sp³-hybridized carbons (Fsp3) is 0.875. The van der Waals surface area contributed by atoms with Crippen LogP contribution < -0.4 is 10.5 Å². The first-order valence-corrected chi connectivity index (χ1v) is 6.72. The molecule has 0 atom stereocenters. The first kappa shape index (κ1) is 15.2. The third kappa shape index (κ3) is 5.19. The Morgan fingerprint density at radius 3 is 2.39 bits per heavy atom. The summed E-state index contributed by atoms with van der Waals surface area (Å²) in [6.07, 6.45) is -3.36. The number of hydrogen-bond donors (Lipinski definition) is 3. The minimum absolute atomic E-state index is 0.00340. The van der Waals surface area contributed by atoms with E-state index in [1.807, 2.05) is 0 Å². The molecule has 1 rings (SSSR count). The Balaban J connectivity index is 2.62. The summed E-state index contributed by atoms with van der Waals surface area (Å²) in [7, 11) is -4.18. The van der Waals surface area contributed by atoms with Gasteiger partial charge in [0.25, 0.3) is 10.2 Å². The van der Waals surface area contributed by atoms with Crippen LogP contribution in [0.5, 0.6) is 0 Å². The van der Waals surface area contributed by atoms with Gasteiger partial charge in [-0.3, -0.25) is 5.41 Å². The Kier molecular flexibility index (Phi) is 4.56. The summed E-state index contributed by atoms with van der Waals surface area (Å²) in [5, 5.41) is 7.01. The van der Waals surface area contributed by atoms with Crippen molar-refractivity contribution >= 4 is 16.0 Å². The third-order valence-electron chi connectivity index (χ3n) is 2.32. The molecule has 0 radical (unpaired) electrons. The number of rotatable bonds is 7. The van der Waals surface area contributed by atoms with Gasteiger partial charge >= 0.3 is 6.18 Å². The summed E-state index contributed by atoms with van der Waals surface area (Å²) < 4.78 is 61.7. The van der Waals surface area contributed by atoms with Crippen molar-refractivity contribution in [1.82, 2.24) is 9.03 Å². The topological polar surface area (TPSA) is 99.3 Å². The molecule has 1 saturated carbocycles. The maximum Gasteiger partial charge on any atom is 0.402 e. The molecule has 0 aromatic rings. The van der Waals surface area contributed by atoms with Crippen LogP contribution in [-0.2, 0) is 10.2 Å². The first-order chi connectivity index (χ1) is 8.12.